The maximum atomic E-state index is 9.52. The van der Waals surface area contributed by atoms with Gasteiger partial charge in [0.05, 0.1) is 28.1 Å². The molecule has 0 aromatic carbocycles. The first-order chi connectivity index (χ1) is 8.02. The second-order valence-electron chi connectivity index (χ2n) is 4.49. The number of halogens is 1. The number of rotatable bonds is 3. The second-order valence-corrected chi connectivity index (χ2v) is 5.28. The fourth-order valence-electron chi connectivity index (χ4n) is 2.21. The van der Waals surface area contributed by atoms with Gasteiger partial charge in [0.15, 0.2) is 0 Å². The van der Waals surface area contributed by atoms with Gasteiger partial charge in [0.25, 0.3) is 0 Å². The van der Waals surface area contributed by atoms with Crippen LogP contribution in [0, 0.1) is 6.92 Å². The van der Waals surface area contributed by atoms with Gasteiger partial charge in [-0.3, -0.25) is 9.58 Å². The molecule has 0 unspecified atom stereocenters. The highest BCUT2D eigenvalue weighted by Crippen LogP contribution is 2.24. The summed E-state index contributed by atoms with van der Waals surface area (Å²) in [7, 11) is 0. The molecule has 0 amide bonds. The van der Waals surface area contributed by atoms with E-state index in [9.17, 15) is 10.2 Å². The van der Waals surface area contributed by atoms with Crippen LogP contribution in [0.1, 0.15) is 18.3 Å². The molecule has 0 radical (unpaired) electrons. The van der Waals surface area contributed by atoms with Gasteiger partial charge in [-0.15, -0.1) is 0 Å². The topological polar surface area (TPSA) is 61.5 Å². The Morgan fingerprint density at radius 2 is 1.94 bits per heavy atom. The summed E-state index contributed by atoms with van der Waals surface area (Å²) in [5.41, 5.74) is 2.08. The molecular formula is C11H18BrN3O2. The lowest BCUT2D eigenvalue weighted by molar-refractivity contribution is 0.0572. The Labute approximate surface area is 109 Å². The van der Waals surface area contributed by atoms with E-state index in [0.717, 1.165) is 22.4 Å². The number of aliphatic hydroxyl groups is 2. The van der Waals surface area contributed by atoms with Crippen molar-refractivity contribution in [1.29, 1.82) is 0 Å². The molecule has 2 N–H and O–H groups in total. The van der Waals surface area contributed by atoms with Gasteiger partial charge in [-0.1, -0.05) is 0 Å². The molecule has 96 valence electrons. The summed E-state index contributed by atoms with van der Waals surface area (Å²) in [5.74, 6) is 0. The Balaban J connectivity index is 2.13. The zero-order valence-electron chi connectivity index (χ0n) is 10.1. The molecular weight excluding hydrogens is 286 g/mol. The van der Waals surface area contributed by atoms with Crippen LogP contribution in [0.3, 0.4) is 0 Å². The zero-order chi connectivity index (χ0) is 12.6. The van der Waals surface area contributed by atoms with Crippen molar-refractivity contribution >= 4 is 15.9 Å². The Bertz CT molecular complexity index is 398. The standard InChI is InChI=1S/C11H18BrN3O2/c1-3-15-8(11(12)7(2)13-15)4-14-5-9(16)10(17)6-14/h9-10,16-17H,3-6H2,1-2H3/t9-,10+. The molecule has 0 bridgehead atoms. The first kappa shape index (κ1) is 13.0. The van der Waals surface area contributed by atoms with E-state index in [0.29, 0.717) is 19.6 Å². The molecule has 2 rings (SSSR count). The van der Waals surface area contributed by atoms with Crippen molar-refractivity contribution in [3.05, 3.63) is 15.9 Å². The van der Waals surface area contributed by atoms with Crippen LogP contribution in [0.4, 0.5) is 0 Å². The molecule has 1 aliphatic heterocycles. The van der Waals surface area contributed by atoms with Crippen molar-refractivity contribution < 1.29 is 10.2 Å². The minimum atomic E-state index is -0.632. The van der Waals surface area contributed by atoms with Crippen molar-refractivity contribution in [1.82, 2.24) is 14.7 Å². The number of aryl methyl sites for hydroxylation is 2. The molecule has 1 fully saturated rings. The first-order valence-corrected chi connectivity index (χ1v) is 6.62. The summed E-state index contributed by atoms with van der Waals surface area (Å²) < 4.78 is 2.98. The summed E-state index contributed by atoms with van der Waals surface area (Å²) in [5, 5.41) is 23.5. The molecule has 5 nitrogen and oxygen atoms in total. The van der Waals surface area contributed by atoms with Gasteiger partial charge in [-0.25, -0.2) is 0 Å². The fourth-order valence-corrected chi connectivity index (χ4v) is 2.62. The van der Waals surface area contributed by atoms with Gasteiger partial charge in [-0.2, -0.15) is 5.10 Å². The van der Waals surface area contributed by atoms with Crippen molar-refractivity contribution in [2.45, 2.75) is 39.1 Å². The Morgan fingerprint density at radius 1 is 1.35 bits per heavy atom. The lowest BCUT2D eigenvalue weighted by Crippen LogP contribution is -2.23. The number of hydrogen-bond donors (Lipinski definition) is 2. The molecule has 0 saturated carbocycles. The predicted octanol–water partition coefficient (Wildman–Crippen LogP) is 0.511. The number of likely N-dealkylation sites (tertiary alicyclic amines) is 1. The monoisotopic (exact) mass is 303 g/mol. The highest BCUT2D eigenvalue weighted by molar-refractivity contribution is 9.10. The fraction of sp³-hybridized carbons (Fsp3) is 0.727. The predicted molar refractivity (Wildman–Crippen MR) is 67.6 cm³/mol. The van der Waals surface area contributed by atoms with Gasteiger partial charge in [0.2, 0.25) is 0 Å². The molecule has 2 heterocycles. The van der Waals surface area contributed by atoms with E-state index >= 15 is 0 Å². The van der Waals surface area contributed by atoms with Crippen LogP contribution in [0.25, 0.3) is 0 Å². The summed E-state index contributed by atoms with van der Waals surface area (Å²) in [6.07, 6.45) is -1.26. The minimum Gasteiger partial charge on any atom is -0.389 e. The van der Waals surface area contributed by atoms with Gasteiger partial charge in [-0.05, 0) is 29.8 Å². The van der Waals surface area contributed by atoms with E-state index in [2.05, 4.69) is 28.0 Å². The van der Waals surface area contributed by atoms with Crippen LogP contribution >= 0.6 is 15.9 Å². The normalized spacial score (nSPS) is 25.7. The second kappa shape index (κ2) is 5.06. The van der Waals surface area contributed by atoms with Crippen LogP contribution in [-0.4, -0.2) is 50.2 Å². The highest BCUT2D eigenvalue weighted by atomic mass is 79.9. The maximum absolute atomic E-state index is 9.52. The largest absolute Gasteiger partial charge is 0.389 e. The van der Waals surface area contributed by atoms with E-state index in [4.69, 9.17) is 0 Å². The zero-order valence-corrected chi connectivity index (χ0v) is 11.7. The Kier molecular flexibility index (Phi) is 3.87. The third-order valence-electron chi connectivity index (χ3n) is 3.16. The van der Waals surface area contributed by atoms with Crippen LogP contribution in [0.2, 0.25) is 0 Å². The lowest BCUT2D eigenvalue weighted by Gasteiger charge is -2.15. The highest BCUT2D eigenvalue weighted by Gasteiger charge is 2.30. The molecule has 6 heteroatoms. The van der Waals surface area contributed by atoms with Gasteiger partial charge in [0.1, 0.15) is 0 Å². The summed E-state index contributed by atoms with van der Waals surface area (Å²) in [6.45, 7) is 6.57. The van der Waals surface area contributed by atoms with Crippen molar-refractivity contribution in [3.8, 4) is 0 Å². The van der Waals surface area contributed by atoms with E-state index in [1.54, 1.807) is 0 Å². The van der Waals surface area contributed by atoms with Crippen molar-refractivity contribution in [2.24, 2.45) is 0 Å². The molecule has 1 aromatic rings. The number of hydrogen-bond acceptors (Lipinski definition) is 4. The maximum Gasteiger partial charge on any atom is 0.0938 e. The van der Waals surface area contributed by atoms with Crippen LogP contribution < -0.4 is 0 Å². The molecule has 17 heavy (non-hydrogen) atoms. The van der Waals surface area contributed by atoms with Crippen LogP contribution in [0.5, 0.6) is 0 Å². The molecule has 1 saturated heterocycles. The average Bonchev–Trinajstić information content (AvgIpc) is 2.74. The van der Waals surface area contributed by atoms with Crippen molar-refractivity contribution in [3.63, 3.8) is 0 Å². The quantitative estimate of drug-likeness (QED) is 0.854. The van der Waals surface area contributed by atoms with E-state index in [1.165, 1.54) is 0 Å². The van der Waals surface area contributed by atoms with E-state index in [1.807, 2.05) is 16.5 Å². The molecule has 1 aliphatic rings. The summed E-state index contributed by atoms with van der Waals surface area (Å²) in [4.78, 5) is 2.04. The number of aliphatic hydroxyl groups excluding tert-OH is 2. The Hall–Kier alpha value is -0.430. The van der Waals surface area contributed by atoms with Gasteiger partial charge in [0, 0.05) is 26.2 Å². The summed E-state index contributed by atoms with van der Waals surface area (Å²) in [6, 6.07) is 0. The number of aromatic nitrogens is 2. The average molecular weight is 304 g/mol. The number of β-amino-alcohol motifs (C(OH)–C–C–N with tert-alkyl or cyclic N) is 2. The van der Waals surface area contributed by atoms with E-state index < -0.39 is 12.2 Å². The van der Waals surface area contributed by atoms with Crippen LogP contribution in [0.15, 0.2) is 4.47 Å². The third kappa shape index (κ3) is 2.54. The van der Waals surface area contributed by atoms with Crippen LogP contribution in [-0.2, 0) is 13.1 Å². The minimum absolute atomic E-state index is 0.515. The third-order valence-corrected chi connectivity index (χ3v) is 4.19. The van der Waals surface area contributed by atoms with Crippen molar-refractivity contribution in [2.75, 3.05) is 13.1 Å². The molecule has 1 aromatic heterocycles. The molecule has 2 atom stereocenters. The SMILES string of the molecule is CCn1nc(C)c(Br)c1CN1C[C@@H](O)[C@@H](O)C1. The number of nitrogens with zero attached hydrogens (tertiary/aromatic N) is 3. The van der Waals surface area contributed by atoms with Gasteiger partial charge < -0.3 is 10.2 Å². The molecule has 0 spiro atoms. The smallest absolute Gasteiger partial charge is 0.0938 e. The Morgan fingerprint density at radius 3 is 2.47 bits per heavy atom. The van der Waals surface area contributed by atoms with E-state index in [-0.39, 0.29) is 0 Å². The molecule has 0 aliphatic carbocycles. The lowest BCUT2D eigenvalue weighted by atomic mass is 10.3. The van der Waals surface area contributed by atoms with Gasteiger partial charge >= 0.3 is 0 Å². The first-order valence-electron chi connectivity index (χ1n) is 5.83. The summed E-state index contributed by atoms with van der Waals surface area (Å²) >= 11 is 3.54.